The molecule has 11 nitrogen and oxygen atoms in total. The van der Waals surface area contributed by atoms with Gasteiger partial charge in [-0.1, -0.05) is 0 Å². The van der Waals surface area contributed by atoms with Gasteiger partial charge >= 0.3 is 0 Å². The summed E-state index contributed by atoms with van der Waals surface area (Å²) < 4.78 is 31.2. The fraction of sp³-hybridized carbons (Fsp3) is 0.357. The Morgan fingerprint density at radius 1 is 1.31 bits per heavy atom. The van der Waals surface area contributed by atoms with Crippen molar-refractivity contribution in [2.45, 2.75) is 10.9 Å². The molecule has 2 N–H and O–H groups in total. The molecule has 1 aromatic carbocycles. The number of aliphatic hydroxyl groups excluding tert-OH is 2. The van der Waals surface area contributed by atoms with Gasteiger partial charge in [-0.25, -0.2) is 8.42 Å². The number of methoxy groups -OCH3 is 1. The number of rotatable bonds is 7. The molecule has 0 fully saturated rings. The number of aliphatic hydroxyl groups is 2. The Hall–Kier alpha value is -2.70. The highest BCUT2D eigenvalue weighted by Crippen LogP contribution is 2.32. The van der Waals surface area contributed by atoms with Crippen LogP contribution >= 0.6 is 0 Å². The van der Waals surface area contributed by atoms with Crippen LogP contribution in [0.4, 0.5) is 5.69 Å². The van der Waals surface area contributed by atoms with Gasteiger partial charge in [-0.2, -0.15) is 0 Å². The summed E-state index contributed by atoms with van der Waals surface area (Å²) in [5, 5.41) is 29.7. The maximum absolute atomic E-state index is 12.9. The standard InChI is InChI=1S/C14H17N3O8S/c1-25-10-2-3-13(11(8-10)17(21)22)26(23,24)16-5-4-15(6-7-18)14(20)12(16)9-19/h2-5,8,12,18-19H,6-7,9H2,1H3/t12-/m0/s1. The molecule has 1 amide bonds. The first-order valence-corrected chi connectivity index (χ1v) is 8.78. The molecule has 1 atom stereocenters. The average Bonchev–Trinajstić information content (AvgIpc) is 2.62. The smallest absolute Gasteiger partial charge is 0.293 e. The molecule has 1 aromatic rings. The number of nitro benzene ring substituents is 1. The van der Waals surface area contributed by atoms with Gasteiger partial charge in [0.05, 0.1) is 31.3 Å². The fourth-order valence-corrected chi connectivity index (χ4v) is 3.99. The number of hydrogen-bond donors (Lipinski definition) is 2. The van der Waals surface area contributed by atoms with Crippen molar-refractivity contribution < 1.29 is 33.1 Å². The molecule has 0 aromatic heterocycles. The van der Waals surface area contributed by atoms with E-state index in [1.54, 1.807) is 0 Å². The van der Waals surface area contributed by atoms with Crippen LogP contribution in [0.2, 0.25) is 0 Å². The van der Waals surface area contributed by atoms with Crippen molar-refractivity contribution >= 4 is 21.6 Å². The number of β-amino-alcohol motifs (C(OH)–C–C–N with tert-alkyl or cyclic N) is 1. The van der Waals surface area contributed by atoms with E-state index in [1.165, 1.54) is 13.2 Å². The maximum atomic E-state index is 12.9. The van der Waals surface area contributed by atoms with Crippen LogP contribution in [0.5, 0.6) is 5.75 Å². The Labute approximate surface area is 148 Å². The largest absolute Gasteiger partial charge is 0.497 e. The first kappa shape index (κ1) is 19.6. The van der Waals surface area contributed by atoms with Crippen molar-refractivity contribution in [1.82, 2.24) is 9.21 Å². The monoisotopic (exact) mass is 387 g/mol. The van der Waals surface area contributed by atoms with Crippen molar-refractivity contribution in [2.24, 2.45) is 0 Å². The summed E-state index contributed by atoms with van der Waals surface area (Å²) in [6.07, 6.45) is 2.14. The van der Waals surface area contributed by atoms with Crippen molar-refractivity contribution in [1.29, 1.82) is 0 Å². The van der Waals surface area contributed by atoms with Crippen molar-refractivity contribution in [3.8, 4) is 5.75 Å². The lowest BCUT2D eigenvalue weighted by Gasteiger charge is -2.34. The van der Waals surface area contributed by atoms with Crippen LogP contribution in [-0.2, 0) is 14.8 Å². The zero-order valence-electron chi connectivity index (χ0n) is 13.7. The Morgan fingerprint density at radius 3 is 2.54 bits per heavy atom. The zero-order chi connectivity index (χ0) is 19.5. The predicted octanol–water partition coefficient (Wildman–Crippen LogP) is -0.739. The van der Waals surface area contributed by atoms with E-state index in [0.717, 1.165) is 29.4 Å². The van der Waals surface area contributed by atoms with Gasteiger partial charge in [-0.15, -0.1) is 0 Å². The fourth-order valence-electron chi connectivity index (χ4n) is 2.42. The molecule has 0 spiro atoms. The van der Waals surface area contributed by atoms with E-state index in [4.69, 9.17) is 9.84 Å². The molecule has 1 aliphatic heterocycles. The highest BCUT2D eigenvalue weighted by atomic mass is 32.2. The minimum Gasteiger partial charge on any atom is -0.497 e. The molecule has 0 saturated carbocycles. The van der Waals surface area contributed by atoms with Crippen LogP contribution < -0.4 is 4.74 Å². The molecule has 0 unspecified atom stereocenters. The van der Waals surface area contributed by atoms with Crippen LogP contribution in [-0.4, -0.2) is 71.6 Å². The molecule has 0 bridgehead atoms. The van der Waals surface area contributed by atoms with E-state index >= 15 is 0 Å². The number of ether oxygens (including phenoxy) is 1. The van der Waals surface area contributed by atoms with Crippen molar-refractivity contribution in [2.75, 3.05) is 26.9 Å². The van der Waals surface area contributed by atoms with E-state index in [9.17, 15) is 28.4 Å². The molecule has 26 heavy (non-hydrogen) atoms. The van der Waals surface area contributed by atoms with E-state index in [1.807, 2.05) is 0 Å². The summed E-state index contributed by atoms with van der Waals surface area (Å²) in [4.78, 5) is 23.1. The SMILES string of the molecule is COc1ccc(S(=O)(=O)N2C=CN(CCO)C(=O)[C@@H]2CO)c([N+](=O)[O-])c1. The molecular weight excluding hydrogens is 370 g/mol. The lowest BCUT2D eigenvalue weighted by Crippen LogP contribution is -2.53. The number of carbonyl (C=O) groups is 1. The quantitative estimate of drug-likeness (QED) is 0.459. The number of benzene rings is 1. The van der Waals surface area contributed by atoms with E-state index in [0.29, 0.717) is 4.31 Å². The first-order valence-electron chi connectivity index (χ1n) is 7.34. The number of nitrogens with zero attached hydrogens (tertiary/aromatic N) is 3. The Morgan fingerprint density at radius 2 is 2.00 bits per heavy atom. The zero-order valence-corrected chi connectivity index (χ0v) is 14.5. The third-order valence-electron chi connectivity index (χ3n) is 3.70. The van der Waals surface area contributed by atoms with E-state index < -0.39 is 44.1 Å². The van der Waals surface area contributed by atoms with Gasteiger partial charge in [0.15, 0.2) is 4.90 Å². The highest BCUT2D eigenvalue weighted by Gasteiger charge is 2.40. The van der Waals surface area contributed by atoms with Gasteiger partial charge in [-0.3, -0.25) is 19.2 Å². The summed E-state index contributed by atoms with van der Waals surface area (Å²) in [7, 11) is -3.24. The van der Waals surface area contributed by atoms with E-state index in [-0.39, 0.29) is 18.9 Å². The van der Waals surface area contributed by atoms with Gasteiger partial charge < -0.3 is 19.8 Å². The molecule has 2 rings (SSSR count). The number of carbonyl (C=O) groups excluding carboxylic acids is 1. The topological polar surface area (TPSA) is 151 Å². The van der Waals surface area contributed by atoms with Crippen molar-refractivity contribution in [3.63, 3.8) is 0 Å². The van der Waals surface area contributed by atoms with Crippen LogP contribution in [0.1, 0.15) is 0 Å². The molecule has 142 valence electrons. The minimum absolute atomic E-state index is 0.0809. The van der Waals surface area contributed by atoms with Gasteiger partial charge in [0, 0.05) is 18.9 Å². The van der Waals surface area contributed by atoms with Gasteiger partial charge in [0.25, 0.3) is 21.6 Å². The second kappa shape index (κ2) is 7.68. The minimum atomic E-state index is -4.52. The van der Waals surface area contributed by atoms with E-state index in [2.05, 4.69) is 0 Å². The molecule has 1 aliphatic rings. The second-order valence-corrected chi connectivity index (χ2v) is 6.99. The molecule has 12 heteroatoms. The second-order valence-electron chi connectivity index (χ2n) is 5.18. The predicted molar refractivity (Wildman–Crippen MR) is 87.5 cm³/mol. The number of nitro groups is 1. The van der Waals surface area contributed by atoms with Crippen molar-refractivity contribution in [3.05, 3.63) is 40.7 Å². The third-order valence-corrected chi connectivity index (χ3v) is 5.53. The maximum Gasteiger partial charge on any atom is 0.293 e. The summed E-state index contributed by atoms with van der Waals surface area (Å²) in [6.45, 7) is -1.28. The lowest BCUT2D eigenvalue weighted by atomic mass is 10.2. The summed E-state index contributed by atoms with van der Waals surface area (Å²) in [5.41, 5.74) is -0.723. The van der Waals surface area contributed by atoms with Crippen LogP contribution in [0, 0.1) is 10.1 Å². The van der Waals surface area contributed by atoms with Gasteiger partial charge in [-0.05, 0) is 12.1 Å². The lowest BCUT2D eigenvalue weighted by molar-refractivity contribution is -0.387. The highest BCUT2D eigenvalue weighted by molar-refractivity contribution is 7.89. The third kappa shape index (κ3) is 3.47. The number of sulfonamides is 1. The average molecular weight is 387 g/mol. The molecular formula is C14H17N3O8S. The Bertz CT molecular complexity index is 839. The summed E-state index contributed by atoms with van der Waals surface area (Å²) in [5.74, 6) is -0.669. The van der Waals surface area contributed by atoms with Crippen LogP contribution in [0.3, 0.4) is 0 Å². The summed E-state index contributed by atoms with van der Waals surface area (Å²) in [6, 6.07) is 1.69. The Balaban J connectivity index is 2.55. The number of hydrogen-bond acceptors (Lipinski definition) is 8. The van der Waals surface area contributed by atoms with Gasteiger partial charge in [0.1, 0.15) is 11.8 Å². The molecule has 0 saturated heterocycles. The molecule has 0 radical (unpaired) electrons. The number of amides is 1. The molecule has 1 heterocycles. The normalized spacial score (nSPS) is 17.5. The Kier molecular flexibility index (Phi) is 5.79. The summed E-state index contributed by atoms with van der Waals surface area (Å²) >= 11 is 0. The first-order chi connectivity index (χ1) is 12.3. The van der Waals surface area contributed by atoms with Gasteiger partial charge in [0.2, 0.25) is 0 Å². The molecule has 0 aliphatic carbocycles. The van der Waals surface area contributed by atoms with Crippen LogP contribution in [0.15, 0.2) is 35.5 Å². The van der Waals surface area contributed by atoms with Crippen LogP contribution in [0.25, 0.3) is 0 Å².